The number of para-hydroxylation sites is 2. The standard InChI is InChI=1S/C15H20F2N2O2/c1-10-5-4-8-18-12(10)9-14(20)19-11-6-2-3-7-13(11)21-15(16)17/h2-3,6-7,10,12,15,18H,4-5,8-9H2,1H3,(H,19,20). The third-order valence-corrected chi connectivity index (χ3v) is 3.71. The third-order valence-electron chi connectivity index (χ3n) is 3.71. The Kier molecular flexibility index (Phi) is 5.50. The zero-order valence-electron chi connectivity index (χ0n) is 11.9. The average Bonchev–Trinajstić information content (AvgIpc) is 2.43. The van der Waals surface area contributed by atoms with Crippen LogP contribution in [-0.2, 0) is 4.79 Å². The van der Waals surface area contributed by atoms with Crippen LogP contribution in [0, 0.1) is 5.92 Å². The quantitative estimate of drug-likeness (QED) is 0.878. The van der Waals surface area contributed by atoms with E-state index in [4.69, 9.17) is 0 Å². The lowest BCUT2D eigenvalue weighted by molar-refractivity contribution is -0.117. The monoisotopic (exact) mass is 298 g/mol. The van der Waals surface area contributed by atoms with E-state index in [9.17, 15) is 13.6 Å². The number of piperidine rings is 1. The van der Waals surface area contributed by atoms with E-state index in [0.29, 0.717) is 12.3 Å². The molecular weight excluding hydrogens is 278 g/mol. The van der Waals surface area contributed by atoms with E-state index in [1.54, 1.807) is 18.2 Å². The van der Waals surface area contributed by atoms with Gasteiger partial charge in [-0.1, -0.05) is 19.1 Å². The van der Waals surface area contributed by atoms with Crippen LogP contribution in [0.4, 0.5) is 14.5 Å². The summed E-state index contributed by atoms with van der Waals surface area (Å²) in [6.07, 6.45) is 2.53. The molecule has 116 valence electrons. The van der Waals surface area contributed by atoms with E-state index in [-0.39, 0.29) is 23.4 Å². The fourth-order valence-corrected chi connectivity index (χ4v) is 2.56. The molecule has 2 unspecified atom stereocenters. The van der Waals surface area contributed by atoms with Crippen molar-refractivity contribution in [3.8, 4) is 5.75 Å². The first-order valence-electron chi connectivity index (χ1n) is 7.13. The number of nitrogens with one attached hydrogen (secondary N) is 2. The molecule has 1 aromatic rings. The molecule has 2 rings (SSSR count). The van der Waals surface area contributed by atoms with Gasteiger partial charge in [0.05, 0.1) is 5.69 Å². The number of anilines is 1. The van der Waals surface area contributed by atoms with Crippen molar-refractivity contribution in [2.24, 2.45) is 5.92 Å². The summed E-state index contributed by atoms with van der Waals surface area (Å²) in [6.45, 7) is 0.105. The Morgan fingerprint density at radius 1 is 1.48 bits per heavy atom. The molecule has 4 nitrogen and oxygen atoms in total. The van der Waals surface area contributed by atoms with E-state index in [1.807, 2.05) is 0 Å². The maximum Gasteiger partial charge on any atom is 0.387 e. The Balaban J connectivity index is 1.96. The number of alkyl halides is 2. The van der Waals surface area contributed by atoms with Gasteiger partial charge >= 0.3 is 6.61 Å². The van der Waals surface area contributed by atoms with Gasteiger partial charge in [0.2, 0.25) is 5.91 Å². The predicted octanol–water partition coefficient (Wildman–Crippen LogP) is 3.00. The Morgan fingerprint density at radius 3 is 2.95 bits per heavy atom. The molecular formula is C15H20F2N2O2. The average molecular weight is 298 g/mol. The summed E-state index contributed by atoms with van der Waals surface area (Å²) in [7, 11) is 0. The Bertz CT molecular complexity index is 482. The van der Waals surface area contributed by atoms with Crippen molar-refractivity contribution < 1.29 is 18.3 Å². The highest BCUT2D eigenvalue weighted by molar-refractivity contribution is 5.92. The summed E-state index contributed by atoms with van der Waals surface area (Å²) >= 11 is 0. The molecule has 1 aromatic carbocycles. The van der Waals surface area contributed by atoms with Crippen molar-refractivity contribution in [3.63, 3.8) is 0 Å². The number of halogens is 2. The van der Waals surface area contributed by atoms with Crippen molar-refractivity contribution in [1.82, 2.24) is 5.32 Å². The van der Waals surface area contributed by atoms with Crippen LogP contribution in [-0.4, -0.2) is 25.1 Å². The lowest BCUT2D eigenvalue weighted by Gasteiger charge is -2.29. The van der Waals surface area contributed by atoms with Crippen molar-refractivity contribution in [2.45, 2.75) is 38.8 Å². The molecule has 2 atom stereocenters. The largest absolute Gasteiger partial charge is 0.433 e. The fraction of sp³-hybridized carbons (Fsp3) is 0.533. The second kappa shape index (κ2) is 7.36. The van der Waals surface area contributed by atoms with E-state index in [2.05, 4.69) is 22.3 Å². The van der Waals surface area contributed by atoms with Crippen LogP contribution in [0.15, 0.2) is 24.3 Å². The number of benzene rings is 1. The highest BCUT2D eigenvalue weighted by Crippen LogP contribution is 2.26. The highest BCUT2D eigenvalue weighted by Gasteiger charge is 2.23. The van der Waals surface area contributed by atoms with Crippen LogP contribution in [0.1, 0.15) is 26.2 Å². The molecule has 1 aliphatic heterocycles. The molecule has 0 aliphatic carbocycles. The van der Waals surface area contributed by atoms with Crippen molar-refractivity contribution in [2.75, 3.05) is 11.9 Å². The predicted molar refractivity (Wildman–Crippen MR) is 76.5 cm³/mol. The normalized spacial score (nSPS) is 22.1. The maximum absolute atomic E-state index is 12.3. The maximum atomic E-state index is 12.3. The van der Waals surface area contributed by atoms with Gasteiger partial charge in [-0.25, -0.2) is 0 Å². The molecule has 1 amide bonds. The third kappa shape index (κ3) is 4.67. The van der Waals surface area contributed by atoms with Gasteiger partial charge in [0, 0.05) is 12.5 Å². The Hall–Kier alpha value is -1.69. The molecule has 1 heterocycles. The number of carbonyl (C=O) groups is 1. The minimum atomic E-state index is -2.91. The van der Waals surface area contributed by atoms with E-state index < -0.39 is 6.61 Å². The summed E-state index contributed by atoms with van der Waals surface area (Å²) in [5, 5.41) is 5.97. The first-order chi connectivity index (χ1) is 10.1. The molecule has 0 spiro atoms. The molecule has 0 radical (unpaired) electrons. The zero-order chi connectivity index (χ0) is 15.2. The zero-order valence-corrected chi connectivity index (χ0v) is 11.9. The molecule has 0 aromatic heterocycles. The summed E-state index contributed by atoms with van der Waals surface area (Å²) in [6, 6.07) is 6.33. The van der Waals surface area contributed by atoms with Gasteiger partial charge in [-0.15, -0.1) is 0 Å². The van der Waals surface area contributed by atoms with Gasteiger partial charge in [0.25, 0.3) is 0 Å². The molecule has 21 heavy (non-hydrogen) atoms. The van der Waals surface area contributed by atoms with Crippen LogP contribution in [0.3, 0.4) is 0 Å². The fourth-order valence-electron chi connectivity index (χ4n) is 2.56. The lowest BCUT2D eigenvalue weighted by atomic mass is 9.90. The van der Waals surface area contributed by atoms with Gasteiger partial charge in [-0.3, -0.25) is 4.79 Å². The molecule has 0 saturated carbocycles. The molecule has 1 saturated heterocycles. The molecule has 0 bridgehead atoms. The van der Waals surface area contributed by atoms with Crippen LogP contribution in [0.2, 0.25) is 0 Å². The van der Waals surface area contributed by atoms with Crippen molar-refractivity contribution in [1.29, 1.82) is 0 Å². The van der Waals surface area contributed by atoms with E-state index in [0.717, 1.165) is 19.4 Å². The second-order valence-corrected chi connectivity index (χ2v) is 5.31. The summed E-state index contributed by atoms with van der Waals surface area (Å²) in [4.78, 5) is 12.1. The number of rotatable bonds is 5. The number of ether oxygens (including phenoxy) is 1. The van der Waals surface area contributed by atoms with Crippen molar-refractivity contribution in [3.05, 3.63) is 24.3 Å². The molecule has 2 N–H and O–H groups in total. The minimum absolute atomic E-state index is 0.0227. The first kappa shape index (κ1) is 15.7. The molecule has 1 fully saturated rings. The second-order valence-electron chi connectivity index (χ2n) is 5.31. The smallest absolute Gasteiger partial charge is 0.387 e. The van der Waals surface area contributed by atoms with Crippen LogP contribution < -0.4 is 15.4 Å². The van der Waals surface area contributed by atoms with Gasteiger partial charge < -0.3 is 15.4 Å². The number of hydrogen-bond acceptors (Lipinski definition) is 3. The first-order valence-corrected chi connectivity index (χ1v) is 7.13. The topological polar surface area (TPSA) is 50.4 Å². The molecule has 6 heteroatoms. The summed E-state index contributed by atoms with van der Waals surface area (Å²) < 4.78 is 29.0. The number of amides is 1. The van der Waals surface area contributed by atoms with Crippen molar-refractivity contribution >= 4 is 11.6 Å². The lowest BCUT2D eigenvalue weighted by Crippen LogP contribution is -2.42. The Labute approximate surface area is 122 Å². The number of hydrogen-bond donors (Lipinski definition) is 2. The number of carbonyl (C=O) groups excluding carboxylic acids is 1. The van der Waals surface area contributed by atoms with Crippen LogP contribution in [0.25, 0.3) is 0 Å². The van der Waals surface area contributed by atoms with Gasteiger partial charge in [0.1, 0.15) is 5.75 Å². The molecule has 1 aliphatic rings. The summed E-state index contributed by atoms with van der Waals surface area (Å²) in [5.41, 5.74) is 0.270. The van der Waals surface area contributed by atoms with Crippen LogP contribution >= 0.6 is 0 Å². The minimum Gasteiger partial charge on any atom is -0.433 e. The van der Waals surface area contributed by atoms with Crippen LogP contribution in [0.5, 0.6) is 5.75 Å². The Morgan fingerprint density at radius 2 is 2.24 bits per heavy atom. The van der Waals surface area contributed by atoms with Gasteiger partial charge in [-0.2, -0.15) is 8.78 Å². The van der Waals surface area contributed by atoms with Gasteiger partial charge in [0.15, 0.2) is 0 Å². The van der Waals surface area contributed by atoms with Gasteiger partial charge in [-0.05, 0) is 37.4 Å². The van der Waals surface area contributed by atoms with E-state index >= 15 is 0 Å². The van der Waals surface area contributed by atoms with E-state index in [1.165, 1.54) is 6.07 Å². The highest BCUT2D eigenvalue weighted by atomic mass is 19.3. The SMILES string of the molecule is CC1CCCNC1CC(=O)Nc1ccccc1OC(F)F. The summed E-state index contributed by atoms with van der Waals surface area (Å²) in [5.74, 6) is 0.203.